The maximum Gasteiger partial charge on any atom is 0.178 e. The van der Waals surface area contributed by atoms with Crippen LogP contribution in [0.2, 0.25) is 0 Å². The molecule has 0 aliphatic heterocycles. The molecule has 2 aromatic rings. The van der Waals surface area contributed by atoms with Crippen molar-refractivity contribution >= 4 is 28.5 Å². The number of aromatic amines is 1. The third-order valence-electron chi connectivity index (χ3n) is 2.38. The molecule has 2 rings (SSSR count). The molecule has 4 nitrogen and oxygen atoms in total. The fourth-order valence-electron chi connectivity index (χ4n) is 1.48. The molecule has 92 valence electrons. The average molecular weight is 261 g/mol. The predicted octanol–water partition coefficient (Wildman–Crippen LogP) is 3.58. The van der Waals surface area contributed by atoms with Gasteiger partial charge >= 0.3 is 0 Å². The van der Waals surface area contributed by atoms with Crippen molar-refractivity contribution in [2.45, 2.75) is 6.92 Å². The van der Waals surface area contributed by atoms with Crippen LogP contribution in [-0.4, -0.2) is 15.2 Å². The van der Waals surface area contributed by atoms with Gasteiger partial charge in [-0.05, 0) is 25.1 Å². The van der Waals surface area contributed by atoms with Crippen LogP contribution < -0.4 is 5.32 Å². The largest absolute Gasteiger partial charge is 0.337 e. The molecular formula is C13H13ClN4. The van der Waals surface area contributed by atoms with Crippen molar-refractivity contribution in [1.29, 1.82) is 0 Å². The standard InChI is InChI=1S/C13H13ClN4/c1-3-9(14)8-10(4-2)16-13-12-11(17-18-13)6-5-7-15-12/h3-8H,1H2,2H3,(H2,16,17,18)/b9-8+,10-4+. The quantitative estimate of drug-likeness (QED) is 0.826. The van der Waals surface area contributed by atoms with E-state index in [1.165, 1.54) is 0 Å². The van der Waals surface area contributed by atoms with Crippen LogP contribution in [0, 0.1) is 0 Å². The summed E-state index contributed by atoms with van der Waals surface area (Å²) >= 11 is 5.92. The van der Waals surface area contributed by atoms with Crippen molar-refractivity contribution in [3.05, 3.63) is 53.9 Å². The number of hydrogen-bond acceptors (Lipinski definition) is 3. The first-order chi connectivity index (χ1) is 8.74. The van der Waals surface area contributed by atoms with Gasteiger partial charge in [-0.1, -0.05) is 30.3 Å². The number of allylic oxidation sites excluding steroid dienone is 4. The lowest BCUT2D eigenvalue weighted by atomic mass is 10.3. The molecule has 2 aromatic heterocycles. The molecule has 0 unspecified atom stereocenters. The van der Waals surface area contributed by atoms with Crippen LogP contribution in [0.25, 0.3) is 11.0 Å². The van der Waals surface area contributed by atoms with Crippen molar-refractivity contribution < 1.29 is 0 Å². The van der Waals surface area contributed by atoms with E-state index in [9.17, 15) is 0 Å². The second-order valence-corrected chi connectivity index (χ2v) is 4.01. The van der Waals surface area contributed by atoms with E-state index >= 15 is 0 Å². The number of anilines is 1. The van der Waals surface area contributed by atoms with E-state index in [0.717, 1.165) is 16.7 Å². The topological polar surface area (TPSA) is 53.6 Å². The Kier molecular flexibility index (Phi) is 3.79. The molecule has 0 fully saturated rings. The molecular weight excluding hydrogens is 248 g/mol. The summed E-state index contributed by atoms with van der Waals surface area (Å²) in [6, 6.07) is 3.78. The summed E-state index contributed by atoms with van der Waals surface area (Å²) in [5.74, 6) is 0.670. The number of nitrogens with one attached hydrogen (secondary N) is 2. The van der Waals surface area contributed by atoms with Gasteiger partial charge in [-0.3, -0.25) is 10.1 Å². The number of aromatic nitrogens is 3. The summed E-state index contributed by atoms with van der Waals surface area (Å²) in [6.45, 7) is 5.52. The highest BCUT2D eigenvalue weighted by atomic mass is 35.5. The van der Waals surface area contributed by atoms with Crippen LogP contribution in [-0.2, 0) is 0 Å². The number of hydrogen-bond donors (Lipinski definition) is 2. The minimum Gasteiger partial charge on any atom is -0.337 e. The Morgan fingerprint density at radius 3 is 3.11 bits per heavy atom. The van der Waals surface area contributed by atoms with E-state index in [-0.39, 0.29) is 0 Å². The van der Waals surface area contributed by atoms with E-state index in [2.05, 4.69) is 27.1 Å². The summed E-state index contributed by atoms with van der Waals surface area (Å²) in [5, 5.41) is 10.8. The lowest BCUT2D eigenvalue weighted by molar-refractivity contribution is 1.11. The molecule has 0 aromatic carbocycles. The van der Waals surface area contributed by atoms with E-state index in [1.54, 1.807) is 18.3 Å². The molecule has 0 aliphatic carbocycles. The van der Waals surface area contributed by atoms with Crippen LogP contribution in [0.4, 0.5) is 5.82 Å². The monoisotopic (exact) mass is 260 g/mol. The first-order valence-electron chi connectivity index (χ1n) is 5.46. The Hall–Kier alpha value is -2.07. The van der Waals surface area contributed by atoms with E-state index < -0.39 is 0 Å². The lowest BCUT2D eigenvalue weighted by Crippen LogP contribution is -1.98. The molecule has 0 spiro atoms. The van der Waals surface area contributed by atoms with Crippen LogP contribution >= 0.6 is 11.6 Å². The molecule has 0 radical (unpaired) electrons. The summed E-state index contributed by atoms with van der Waals surface area (Å²) in [6.07, 6.45) is 6.98. The molecule has 0 amide bonds. The van der Waals surface area contributed by atoms with Crippen LogP contribution in [0.15, 0.2) is 53.9 Å². The van der Waals surface area contributed by atoms with Gasteiger partial charge in [0.25, 0.3) is 0 Å². The van der Waals surface area contributed by atoms with E-state index in [4.69, 9.17) is 11.6 Å². The Morgan fingerprint density at radius 2 is 2.39 bits per heavy atom. The van der Waals surface area contributed by atoms with Gasteiger partial charge in [0.2, 0.25) is 0 Å². The number of pyridine rings is 1. The number of rotatable bonds is 4. The van der Waals surface area contributed by atoms with Crippen LogP contribution in [0.5, 0.6) is 0 Å². The van der Waals surface area contributed by atoms with Gasteiger partial charge in [-0.15, -0.1) is 0 Å². The van der Waals surface area contributed by atoms with Gasteiger partial charge in [-0.25, -0.2) is 0 Å². The Labute approximate surface area is 110 Å². The predicted molar refractivity (Wildman–Crippen MR) is 75.4 cm³/mol. The Bertz CT molecular complexity index is 625. The zero-order chi connectivity index (χ0) is 13.0. The third kappa shape index (κ3) is 2.60. The van der Waals surface area contributed by atoms with Gasteiger partial charge in [0.1, 0.15) is 5.52 Å². The number of H-pyrrole nitrogens is 1. The number of nitrogens with zero attached hydrogens (tertiary/aromatic N) is 2. The zero-order valence-electron chi connectivity index (χ0n) is 9.94. The molecule has 0 saturated heterocycles. The fraction of sp³-hybridized carbons (Fsp3) is 0.0769. The third-order valence-corrected chi connectivity index (χ3v) is 2.65. The van der Waals surface area contributed by atoms with Gasteiger partial charge in [0, 0.05) is 16.9 Å². The second kappa shape index (κ2) is 5.51. The minimum absolute atomic E-state index is 0.559. The molecule has 5 heteroatoms. The fourth-order valence-corrected chi connectivity index (χ4v) is 1.59. The molecule has 0 bridgehead atoms. The van der Waals surface area contributed by atoms with Gasteiger partial charge < -0.3 is 5.32 Å². The maximum atomic E-state index is 5.92. The second-order valence-electron chi connectivity index (χ2n) is 3.57. The summed E-state index contributed by atoms with van der Waals surface area (Å²) in [7, 11) is 0. The van der Waals surface area contributed by atoms with E-state index in [1.807, 2.05) is 25.1 Å². The van der Waals surface area contributed by atoms with Gasteiger partial charge in [0.05, 0.1) is 5.52 Å². The lowest BCUT2D eigenvalue weighted by Gasteiger charge is -2.03. The van der Waals surface area contributed by atoms with Crippen molar-refractivity contribution in [2.24, 2.45) is 0 Å². The Morgan fingerprint density at radius 1 is 1.56 bits per heavy atom. The first kappa shape index (κ1) is 12.4. The Balaban J connectivity index is 2.31. The summed E-state index contributed by atoms with van der Waals surface area (Å²) in [5.41, 5.74) is 2.51. The van der Waals surface area contributed by atoms with Crippen molar-refractivity contribution in [3.8, 4) is 0 Å². The van der Waals surface area contributed by atoms with Gasteiger partial charge in [0.15, 0.2) is 5.82 Å². The SMILES string of the molecule is C=C/C(Cl)=C\C(=C/C)Nc1n[nH]c2cccnc12. The molecule has 0 atom stereocenters. The van der Waals surface area contributed by atoms with Crippen LogP contribution in [0.3, 0.4) is 0 Å². The molecule has 2 heterocycles. The van der Waals surface area contributed by atoms with Crippen LogP contribution in [0.1, 0.15) is 6.92 Å². The number of fused-ring (bicyclic) bond motifs is 1. The average Bonchev–Trinajstić information content (AvgIpc) is 2.81. The minimum atomic E-state index is 0.559. The highest BCUT2D eigenvalue weighted by molar-refractivity contribution is 6.31. The van der Waals surface area contributed by atoms with Crippen molar-refractivity contribution in [3.63, 3.8) is 0 Å². The maximum absolute atomic E-state index is 5.92. The van der Waals surface area contributed by atoms with Gasteiger partial charge in [-0.2, -0.15) is 5.10 Å². The highest BCUT2D eigenvalue weighted by Crippen LogP contribution is 2.19. The first-order valence-corrected chi connectivity index (χ1v) is 5.84. The molecule has 2 N–H and O–H groups in total. The number of halogens is 1. The molecule has 0 aliphatic rings. The summed E-state index contributed by atoms with van der Waals surface area (Å²) < 4.78 is 0. The smallest absolute Gasteiger partial charge is 0.178 e. The van der Waals surface area contributed by atoms with E-state index in [0.29, 0.717) is 10.9 Å². The van der Waals surface area contributed by atoms with Crippen molar-refractivity contribution in [1.82, 2.24) is 15.2 Å². The van der Waals surface area contributed by atoms with Crippen molar-refractivity contribution in [2.75, 3.05) is 5.32 Å². The highest BCUT2D eigenvalue weighted by Gasteiger charge is 2.06. The zero-order valence-corrected chi connectivity index (χ0v) is 10.7. The normalized spacial score (nSPS) is 12.8. The molecule has 0 saturated carbocycles. The molecule has 18 heavy (non-hydrogen) atoms. The summed E-state index contributed by atoms with van der Waals surface area (Å²) in [4.78, 5) is 4.27.